The van der Waals surface area contributed by atoms with Crippen LogP contribution in [0, 0.1) is 5.92 Å². The molecule has 1 amide bonds. The first-order chi connectivity index (χ1) is 7.74. The first kappa shape index (κ1) is 12.2. The van der Waals surface area contributed by atoms with Crippen LogP contribution in [-0.4, -0.2) is 46.1 Å². The van der Waals surface area contributed by atoms with Gasteiger partial charge in [-0.05, 0) is 30.9 Å². The summed E-state index contributed by atoms with van der Waals surface area (Å²) >= 11 is 1.80. The van der Waals surface area contributed by atoms with E-state index in [2.05, 4.69) is 6.92 Å². The van der Waals surface area contributed by atoms with Crippen molar-refractivity contribution in [2.75, 3.05) is 18.9 Å². The number of nitrogens with zero attached hydrogens (tertiary/aromatic N) is 1. The molecule has 2 saturated heterocycles. The Hall–Kier alpha value is -0.220. The predicted molar refractivity (Wildman–Crippen MR) is 66.5 cm³/mol. The minimum Gasteiger partial charge on any atom is -0.394 e. The number of likely N-dealkylation sites (tertiary alicyclic amines) is 1. The van der Waals surface area contributed by atoms with E-state index in [0.29, 0.717) is 5.92 Å². The van der Waals surface area contributed by atoms with Crippen molar-refractivity contribution in [3.05, 3.63) is 0 Å². The van der Waals surface area contributed by atoms with Gasteiger partial charge in [0.1, 0.15) is 0 Å². The van der Waals surface area contributed by atoms with Gasteiger partial charge in [-0.1, -0.05) is 13.3 Å². The molecule has 0 bridgehead atoms. The molecule has 0 aliphatic carbocycles. The van der Waals surface area contributed by atoms with Gasteiger partial charge in [-0.25, -0.2) is 0 Å². The standard InChI is InChI=1S/C12H21NO2S/c1-9-5-6-13(10(9)8-14)12(15)11-4-2-3-7-16-11/h9-11,14H,2-8H2,1H3. The Kier molecular flexibility index (Phi) is 4.14. The molecule has 1 N–H and O–H groups in total. The van der Waals surface area contributed by atoms with E-state index in [1.54, 1.807) is 11.8 Å². The Bertz CT molecular complexity index is 253. The lowest BCUT2D eigenvalue weighted by molar-refractivity contribution is -0.132. The van der Waals surface area contributed by atoms with Crippen molar-refractivity contribution in [1.29, 1.82) is 0 Å². The van der Waals surface area contributed by atoms with E-state index in [0.717, 1.165) is 25.1 Å². The number of rotatable bonds is 2. The Morgan fingerprint density at radius 2 is 2.25 bits per heavy atom. The zero-order valence-electron chi connectivity index (χ0n) is 9.89. The average molecular weight is 243 g/mol. The summed E-state index contributed by atoms with van der Waals surface area (Å²) in [6, 6.07) is 0.0648. The van der Waals surface area contributed by atoms with Crippen molar-refractivity contribution in [2.24, 2.45) is 5.92 Å². The highest BCUT2D eigenvalue weighted by atomic mass is 32.2. The van der Waals surface area contributed by atoms with Gasteiger partial charge in [-0.3, -0.25) is 4.79 Å². The summed E-state index contributed by atoms with van der Waals surface area (Å²) < 4.78 is 0. The largest absolute Gasteiger partial charge is 0.394 e. The minimum atomic E-state index is 0.0648. The van der Waals surface area contributed by atoms with Crippen molar-refractivity contribution in [2.45, 2.75) is 43.9 Å². The molecule has 0 spiro atoms. The zero-order chi connectivity index (χ0) is 11.5. The van der Waals surface area contributed by atoms with Gasteiger partial charge >= 0.3 is 0 Å². The normalized spacial score (nSPS) is 35.4. The molecule has 2 rings (SSSR count). The SMILES string of the molecule is CC1CCN(C(=O)C2CCCCS2)C1CO. The fraction of sp³-hybridized carbons (Fsp3) is 0.917. The molecule has 0 aromatic heterocycles. The van der Waals surface area contributed by atoms with Crippen molar-refractivity contribution in [3.8, 4) is 0 Å². The van der Waals surface area contributed by atoms with Gasteiger partial charge < -0.3 is 10.0 Å². The number of thioether (sulfide) groups is 1. The van der Waals surface area contributed by atoms with E-state index >= 15 is 0 Å². The van der Waals surface area contributed by atoms with E-state index in [1.165, 1.54) is 12.8 Å². The molecule has 0 aromatic rings. The van der Waals surface area contributed by atoms with Crippen LogP contribution in [0.3, 0.4) is 0 Å². The van der Waals surface area contributed by atoms with Gasteiger partial charge in [0.15, 0.2) is 0 Å². The van der Waals surface area contributed by atoms with Crippen molar-refractivity contribution >= 4 is 17.7 Å². The molecule has 2 aliphatic heterocycles. The third-order valence-corrected chi connectivity index (χ3v) is 5.17. The summed E-state index contributed by atoms with van der Waals surface area (Å²) in [5.74, 6) is 1.83. The highest BCUT2D eigenvalue weighted by Gasteiger charge is 2.37. The molecule has 0 aromatic carbocycles. The van der Waals surface area contributed by atoms with E-state index in [9.17, 15) is 9.90 Å². The lowest BCUT2D eigenvalue weighted by Crippen LogP contribution is -2.44. The maximum absolute atomic E-state index is 12.3. The van der Waals surface area contributed by atoms with Crippen molar-refractivity contribution in [3.63, 3.8) is 0 Å². The topological polar surface area (TPSA) is 40.5 Å². The van der Waals surface area contributed by atoms with Crippen LogP contribution < -0.4 is 0 Å². The number of aliphatic hydroxyl groups is 1. The molecule has 3 unspecified atom stereocenters. The molecular weight excluding hydrogens is 222 g/mol. The summed E-state index contributed by atoms with van der Waals surface area (Å²) in [6.45, 7) is 3.08. The molecular formula is C12H21NO2S. The molecule has 2 heterocycles. The Morgan fingerprint density at radius 1 is 1.44 bits per heavy atom. The molecule has 3 atom stereocenters. The third kappa shape index (κ3) is 2.38. The molecule has 0 saturated carbocycles. The van der Waals surface area contributed by atoms with Gasteiger partial charge in [0, 0.05) is 6.54 Å². The van der Waals surface area contributed by atoms with E-state index < -0.39 is 0 Å². The van der Waals surface area contributed by atoms with Crippen LogP contribution in [0.2, 0.25) is 0 Å². The van der Waals surface area contributed by atoms with Crippen LogP contribution in [0.1, 0.15) is 32.6 Å². The highest BCUT2D eigenvalue weighted by Crippen LogP contribution is 2.31. The number of hydrogen-bond donors (Lipinski definition) is 1. The van der Waals surface area contributed by atoms with E-state index in [1.807, 2.05) is 4.90 Å². The number of aliphatic hydroxyl groups excluding tert-OH is 1. The quantitative estimate of drug-likeness (QED) is 0.799. The van der Waals surface area contributed by atoms with Gasteiger partial charge in [0.25, 0.3) is 0 Å². The summed E-state index contributed by atoms with van der Waals surface area (Å²) in [6.07, 6.45) is 4.48. The predicted octanol–water partition coefficient (Wildman–Crippen LogP) is 1.50. The summed E-state index contributed by atoms with van der Waals surface area (Å²) in [5, 5.41) is 9.51. The molecule has 0 radical (unpaired) electrons. The smallest absolute Gasteiger partial charge is 0.236 e. The second-order valence-corrected chi connectivity index (χ2v) is 6.21. The second-order valence-electron chi connectivity index (χ2n) is 4.90. The first-order valence-corrected chi connectivity index (χ1v) is 7.32. The molecule has 92 valence electrons. The maximum atomic E-state index is 12.3. The number of carbonyl (C=O) groups excluding carboxylic acids is 1. The summed E-state index contributed by atoms with van der Waals surface area (Å²) in [4.78, 5) is 14.2. The fourth-order valence-electron chi connectivity index (χ4n) is 2.68. The average Bonchev–Trinajstić information content (AvgIpc) is 2.70. The zero-order valence-corrected chi connectivity index (χ0v) is 10.7. The minimum absolute atomic E-state index is 0.0648. The fourth-order valence-corrected chi connectivity index (χ4v) is 3.95. The van der Waals surface area contributed by atoms with Gasteiger partial charge in [-0.2, -0.15) is 0 Å². The van der Waals surface area contributed by atoms with Crippen LogP contribution in [0.4, 0.5) is 0 Å². The van der Waals surface area contributed by atoms with Crippen LogP contribution in [0.15, 0.2) is 0 Å². The number of hydrogen-bond acceptors (Lipinski definition) is 3. The Morgan fingerprint density at radius 3 is 2.88 bits per heavy atom. The molecule has 4 heteroatoms. The monoisotopic (exact) mass is 243 g/mol. The van der Waals surface area contributed by atoms with Gasteiger partial charge in [-0.15, -0.1) is 11.8 Å². The van der Waals surface area contributed by atoms with Gasteiger partial charge in [0.05, 0.1) is 17.9 Å². The first-order valence-electron chi connectivity index (χ1n) is 6.27. The van der Waals surface area contributed by atoms with Crippen LogP contribution in [-0.2, 0) is 4.79 Å². The summed E-state index contributed by atoms with van der Waals surface area (Å²) in [5.41, 5.74) is 0. The third-order valence-electron chi connectivity index (χ3n) is 3.81. The molecule has 2 aliphatic rings. The van der Waals surface area contributed by atoms with Crippen molar-refractivity contribution < 1.29 is 9.90 Å². The molecule has 2 fully saturated rings. The molecule has 16 heavy (non-hydrogen) atoms. The van der Waals surface area contributed by atoms with Gasteiger partial charge in [0.2, 0.25) is 5.91 Å². The Labute approximate surface area is 102 Å². The Balaban J connectivity index is 1.97. The summed E-state index contributed by atoms with van der Waals surface area (Å²) in [7, 11) is 0. The maximum Gasteiger partial charge on any atom is 0.236 e. The van der Waals surface area contributed by atoms with Crippen LogP contribution >= 0.6 is 11.8 Å². The van der Waals surface area contributed by atoms with Crippen molar-refractivity contribution in [1.82, 2.24) is 4.90 Å². The highest BCUT2D eigenvalue weighted by molar-refractivity contribution is 8.00. The number of amides is 1. The number of carbonyl (C=O) groups is 1. The molecule has 3 nitrogen and oxygen atoms in total. The van der Waals surface area contributed by atoms with E-state index in [4.69, 9.17) is 0 Å². The lowest BCUT2D eigenvalue weighted by atomic mass is 10.0. The van der Waals surface area contributed by atoms with Crippen LogP contribution in [0.5, 0.6) is 0 Å². The second kappa shape index (κ2) is 5.41. The lowest BCUT2D eigenvalue weighted by Gasteiger charge is -2.30. The van der Waals surface area contributed by atoms with Crippen LogP contribution in [0.25, 0.3) is 0 Å². The van der Waals surface area contributed by atoms with E-state index in [-0.39, 0.29) is 23.8 Å².